The van der Waals surface area contributed by atoms with Crippen molar-refractivity contribution in [3.05, 3.63) is 0 Å². The number of aliphatic hydroxyl groups excluding tert-OH is 1. The van der Waals surface area contributed by atoms with Crippen molar-refractivity contribution >= 4 is 11.9 Å². The summed E-state index contributed by atoms with van der Waals surface area (Å²) >= 11 is 0. The summed E-state index contributed by atoms with van der Waals surface area (Å²) in [6.45, 7) is -0.832. The third kappa shape index (κ3) is 4.29. The molecule has 0 saturated heterocycles. The maximum atomic E-state index is 10.3. The van der Waals surface area contributed by atoms with Crippen LogP contribution >= 0.6 is 0 Å². The molecule has 11 heavy (non-hydrogen) atoms. The van der Waals surface area contributed by atoms with Crippen molar-refractivity contribution in [1.82, 2.24) is 5.32 Å². The van der Waals surface area contributed by atoms with Gasteiger partial charge in [-0.15, -0.1) is 0 Å². The number of hydrogen-bond donors (Lipinski definition) is 4. The molecule has 0 heterocycles. The number of nitrogens with one attached hydrogen (secondary N) is 1. The monoisotopic (exact) mass is 162 g/mol. The van der Waals surface area contributed by atoms with Crippen LogP contribution in [0.1, 0.15) is 0 Å². The Morgan fingerprint density at radius 2 is 2.09 bits per heavy atom. The highest BCUT2D eigenvalue weighted by atomic mass is 16.4. The van der Waals surface area contributed by atoms with Crippen molar-refractivity contribution in [3.8, 4) is 0 Å². The quantitative estimate of drug-likeness (QED) is 0.365. The molecule has 0 aromatic carbocycles. The van der Waals surface area contributed by atoms with E-state index in [0.717, 1.165) is 0 Å². The van der Waals surface area contributed by atoms with Crippen LogP contribution in [0.4, 0.5) is 0 Å². The smallest absolute Gasteiger partial charge is 0.322 e. The van der Waals surface area contributed by atoms with Gasteiger partial charge in [-0.1, -0.05) is 0 Å². The van der Waals surface area contributed by atoms with Crippen LogP contribution in [0.25, 0.3) is 0 Å². The normalized spacial score (nSPS) is 12.2. The van der Waals surface area contributed by atoms with Gasteiger partial charge in [0, 0.05) is 6.54 Å². The Balaban J connectivity index is 3.54. The average Bonchev–Trinajstić information content (AvgIpc) is 1.99. The largest absolute Gasteiger partial charge is 0.480 e. The van der Waals surface area contributed by atoms with Crippen LogP contribution < -0.4 is 11.1 Å². The zero-order chi connectivity index (χ0) is 8.85. The van der Waals surface area contributed by atoms with E-state index in [-0.39, 0.29) is 6.54 Å². The van der Waals surface area contributed by atoms with E-state index in [2.05, 4.69) is 5.32 Å². The van der Waals surface area contributed by atoms with Crippen LogP contribution in [0.15, 0.2) is 0 Å². The first-order chi connectivity index (χ1) is 5.07. The number of carboxylic acids is 1. The lowest BCUT2D eigenvalue weighted by atomic mass is 10.3. The van der Waals surface area contributed by atoms with Crippen LogP contribution in [0.5, 0.6) is 0 Å². The van der Waals surface area contributed by atoms with Crippen LogP contribution in [0.2, 0.25) is 0 Å². The number of rotatable bonds is 4. The van der Waals surface area contributed by atoms with E-state index in [1.54, 1.807) is 0 Å². The molecule has 5 N–H and O–H groups in total. The Kier molecular flexibility index (Phi) is 4.16. The second-order valence-corrected chi connectivity index (χ2v) is 1.91. The fourth-order valence-electron chi connectivity index (χ4n) is 0.367. The van der Waals surface area contributed by atoms with E-state index in [9.17, 15) is 9.59 Å². The van der Waals surface area contributed by atoms with Crippen molar-refractivity contribution in [2.75, 3.05) is 13.2 Å². The molecule has 1 amide bonds. The summed E-state index contributed by atoms with van der Waals surface area (Å²) in [6.07, 6.45) is 0. The number of nitrogens with two attached hydrogens (primary N) is 1. The predicted molar refractivity (Wildman–Crippen MR) is 35.7 cm³/mol. The van der Waals surface area contributed by atoms with Gasteiger partial charge < -0.3 is 21.3 Å². The van der Waals surface area contributed by atoms with Gasteiger partial charge in [0.1, 0.15) is 12.6 Å². The second kappa shape index (κ2) is 4.64. The van der Waals surface area contributed by atoms with Crippen molar-refractivity contribution in [2.24, 2.45) is 5.73 Å². The maximum Gasteiger partial charge on any atom is 0.322 e. The Morgan fingerprint density at radius 3 is 2.45 bits per heavy atom. The van der Waals surface area contributed by atoms with Crippen molar-refractivity contribution < 1.29 is 19.8 Å². The molecule has 0 aliphatic heterocycles. The Bertz CT molecular complexity index is 159. The zero-order valence-corrected chi connectivity index (χ0v) is 5.78. The number of carboxylic acid groups (broad SMARTS) is 1. The lowest BCUT2D eigenvalue weighted by molar-refractivity contribution is -0.138. The standard InChI is InChI=1S/C5H10N2O4/c6-3(5(10)11)1-7-4(9)2-8/h3,8H,1-2,6H2,(H,7,9)(H,10,11)/t3-/m0/s1. The Morgan fingerprint density at radius 1 is 1.55 bits per heavy atom. The summed E-state index contributed by atoms with van der Waals surface area (Å²) in [5, 5.41) is 18.5. The highest BCUT2D eigenvalue weighted by molar-refractivity contribution is 5.79. The van der Waals surface area contributed by atoms with E-state index in [1.165, 1.54) is 0 Å². The molecule has 0 aromatic heterocycles. The van der Waals surface area contributed by atoms with Gasteiger partial charge >= 0.3 is 5.97 Å². The maximum absolute atomic E-state index is 10.3. The van der Waals surface area contributed by atoms with Crippen LogP contribution in [0.3, 0.4) is 0 Å². The van der Waals surface area contributed by atoms with E-state index in [0.29, 0.717) is 0 Å². The summed E-state index contributed by atoms with van der Waals surface area (Å²) in [5.41, 5.74) is 5.02. The average molecular weight is 162 g/mol. The molecule has 6 nitrogen and oxygen atoms in total. The Hall–Kier alpha value is -1.14. The van der Waals surface area contributed by atoms with E-state index in [4.69, 9.17) is 15.9 Å². The van der Waals surface area contributed by atoms with Crippen LogP contribution in [-0.4, -0.2) is 41.3 Å². The minimum atomic E-state index is -1.19. The van der Waals surface area contributed by atoms with Gasteiger partial charge in [0.05, 0.1) is 0 Å². The van der Waals surface area contributed by atoms with Gasteiger partial charge in [-0.25, -0.2) is 0 Å². The third-order valence-corrected chi connectivity index (χ3v) is 0.980. The summed E-state index contributed by atoms with van der Waals surface area (Å²) in [5.74, 6) is -1.83. The molecule has 0 radical (unpaired) electrons. The van der Waals surface area contributed by atoms with Crippen LogP contribution in [0, 0.1) is 0 Å². The minimum absolute atomic E-state index is 0.172. The van der Waals surface area contributed by atoms with Gasteiger partial charge in [0.2, 0.25) is 5.91 Å². The number of aliphatic carboxylic acids is 1. The third-order valence-electron chi connectivity index (χ3n) is 0.980. The lowest BCUT2D eigenvalue weighted by Crippen LogP contribution is -2.43. The fraction of sp³-hybridized carbons (Fsp3) is 0.600. The van der Waals surface area contributed by atoms with Gasteiger partial charge in [-0.3, -0.25) is 9.59 Å². The number of amides is 1. The molecule has 0 aliphatic rings. The van der Waals surface area contributed by atoms with E-state index < -0.39 is 24.5 Å². The van der Waals surface area contributed by atoms with E-state index in [1.807, 2.05) is 0 Å². The zero-order valence-electron chi connectivity index (χ0n) is 5.78. The fourth-order valence-corrected chi connectivity index (χ4v) is 0.367. The number of carbonyl (C=O) groups excluding carboxylic acids is 1. The number of aliphatic hydroxyl groups is 1. The van der Waals surface area contributed by atoms with Gasteiger partial charge in [0.15, 0.2) is 0 Å². The predicted octanol–water partition coefficient (Wildman–Crippen LogP) is -2.49. The molecule has 0 aromatic rings. The first-order valence-electron chi connectivity index (χ1n) is 2.94. The van der Waals surface area contributed by atoms with E-state index >= 15 is 0 Å². The minimum Gasteiger partial charge on any atom is -0.480 e. The van der Waals surface area contributed by atoms with Crippen molar-refractivity contribution in [2.45, 2.75) is 6.04 Å². The molecule has 0 fully saturated rings. The van der Waals surface area contributed by atoms with Crippen molar-refractivity contribution in [3.63, 3.8) is 0 Å². The molecule has 1 atom stereocenters. The summed E-state index contributed by atoms with van der Waals surface area (Å²) in [4.78, 5) is 20.4. The Labute approximate surface area is 63.0 Å². The van der Waals surface area contributed by atoms with Gasteiger partial charge in [-0.05, 0) is 0 Å². The highest BCUT2D eigenvalue weighted by Crippen LogP contribution is 1.74. The molecule has 0 unspecified atom stereocenters. The molecular weight excluding hydrogens is 152 g/mol. The molecule has 0 spiro atoms. The molecule has 0 aliphatic carbocycles. The summed E-state index contributed by atoms with van der Waals surface area (Å²) < 4.78 is 0. The molecule has 0 saturated carbocycles. The number of hydrogen-bond acceptors (Lipinski definition) is 4. The van der Waals surface area contributed by atoms with Crippen molar-refractivity contribution in [1.29, 1.82) is 0 Å². The first-order valence-corrected chi connectivity index (χ1v) is 2.94. The van der Waals surface area contributed by atoms with Crippen LogP contribution in [-0.2, 0) is 9.59 Å². The summed E-state index contributed by atoms with van der Waals surface area (Å²) in [7, 11) is 0. The highest BCUT2D eigenvalue weighted by Gasteiger charge is 2.11. The van der Waals surface area contributed by atoms with Gasteiger partial charge in [-0.2, -0.15) is 0 Å². The first kappa shape index (κ1) is 9.86. The summed E-state index contributed by atoms with van der Waals surface area (Å²) in [6, 6.07) is -1.12. The molecule has 0 rings (SSSR count). The lowest BCUT2D eigenvalue weighted by Gasteiger charge is -2.06. The molecule has 6 heteroatoms. The van der Waals surface area contributed by atoms with Gasteiger partial charge in [0.25, 0.3) is 0 Å². The number of carbonyl (C=O) groups is 2. The molecule has 0 bridgehead atoms. The molecular formula is C5H10N2O4. The SMILES string of the molecule is N[C@@H](CNC(=O)CO)C(=O)O. The second-order valence-electron chi connectivity index (χ2n) is 1.91. The molecule has 64 valence electrons. The topological polar surface area (TPSA) is 113 Å².